The minimum atomic E-state index is -4.88. The molecule has 1 heterocycles. The molecular formula is C26H25ClF6NO+. The summed E-state index contributed by atoms with van der Waals surface area (Å²) in [6.45, 7) is 0.417. The molecule has 0 spiro atoms. The molecule has 3 aromatic rings. The maximum atomic E-state index is 13.2. The van der Waals surface area contributed by atoms with Crippen LogP contribution in [-0.2, 0) is 23.7 Å². The van der Waals surface area contributed by atoms with Gasteiger partial charge in [0.15, 0.2) is 0 Å². The molecule has 0 saturated carbocycles. The molecule has 1 fully saturated rings. The highest BCUT2D eigenvalue weighted by molar-refractivity contribution is 5.85. The quantitative estimate of drug-likeness (QED) is 0.388. The Bertz CT molecular complexity index is 1020. The van der Waals surface area contributed by atoms with Gasteiger partial charge in [0.2, 0.25) is 0 Å². The standard InChI is InChI=1S/C26H23F6NO.ClH/c27-25(28,29)20-13-17(14-21(15-20)26(30,31)32)16-34-22-11-12-33-24(22)23(18-7-3-1-4-8-18)19-9-5-2-6-10-19;/h1-10,13-15,22-24,33H,11-12,16H2;1H/p+1/t22-,24+;/m0./s1. The molecule has 2 nitrogen and oxygen atoms in total. The number of halogens is 7. The van der Waals surface area contributed by atoms with Crippen molar-refractivity contribution in [3.8, 4) is 0 Å². The lowest BCUT2D eigenvalue weighted by atomic mass is 9.83. The number of nitrogens with two attached hydrogens (primary N) is 1. The van der Waals surface area contributed by atoms with Gasteiger partial charge in [-0.3, -0.25) is 0 Å². The van der Waals surface area contributed by atoms with E-state index in [1.165, 1.54) is 0 Å². The van der Waals surface area contributed by atoms with Crippen LogP contribution in [0.4, 0.5) is 26.3 Å². The third-order valence-corrected chi connectivity index (χ3v) is 6.13. The van der Waals surface area contributed by atoms with Crippen molar-refractivity contribution in [1.29, 1.82) is 0 Å². The van der Waals surface area contributed by atoms with E-state index >= 15 is 0 Å². The third kappa shape index (κ3) is 6.57. The minimum absolute atomic E-state index is 0. The second kappa shape index (κ2) is 11.0. The first-order chi connectivity index (χ1) is 16.1. The van der Waals surface area contributed by atoms with Crippen molar-refractivity contribution in [2.24, 2.45) is 0 Å². The number of hydrogen-bond donors (Lipinski definition) is 1. The average molecular weight is 517 g/mol. The van der Waals surface area contributed by atoms with E-state index in [9.17, 15) is 26.3 Å². The Morgan fingerprint density at radius 3 is 1.71 bits per heavy atom. The highest BCUT2D eigenvalue weighted by Gasteiger charge is 2.40. The Labute approximate surface area is 205 Å². The van der Waals surface area contributed by atoms with E-state index in [2.05, 4.69) is 5.32 Å². The summed E-state index contributed by atoms with van der Waals surface area (Å²) in [5.74, 6) is -0.0397. The molecule has 2 N–H and O–H groups in total. The Morgan fingerprint density at radius 2 is 1.26 bits per heavy atom. The summed E-state index contributed by atoms with van der Waals surface area (Å²) in [5, 5.41) is 2.14. The van der Waals surface area contributed by atoms with Gasteiger partial charge in [-0.05, 0) is 34.9 Å². The molecule has 0 unspecified atom stereocenters. The summed E-state index contributed by atoms with van der Waals surface area (Å²) < 4.78 is 85.2. The summed E-state index contributed by atoms with van der Waals surface area (Å²) in [4.78, 5) is 0. The van der Waals surface area contributed by atoms with Crippen LogP contribution in [0.25, 0.3) is 0 Å². The molecule has 0 bridgehead atoms. The number of benzene rings is 3. The zero-order valence-electron chi connectivity index (χ0n) is 18.5. The highest BCUT2D eigenvalue weighted by Crippen LogP contribution is 2.37. The predicted octanol–water partition coefficient (Wildman–Crippen LogP) is 6.20. The van der Waals surface area contributed by atoms with Crippen LogP contribution in [0.3, 0.4) is 0 Å². The lowest BCUT2D eigenvalue weighted by Crippen LogP contribution is -2.89. The van der Waals surface area contributed by atoms with Crippen molar-refractivity contribution < 1.29 is 36.4 Å². The summed E-state index contributed by atoms with van der Waals surface area (Å²) in [5.41, 5.74) is -0.666. The normalized spacial score (nSPS) is 18.5. The largest absolute Gasteiger partial charge is 0.416 e. The van der Waals surface area contributed by atoms with Gasteiger partial charge >= 0.3 is 12.4 Å². The number of ether oxygens (including phenoxy) is 1. The minimum Gasteiger partial charge on any atom is -0.367 e. The Hall–Kier alpha value is -2.55. The number of hydrogen-bond acceptors (Lipinski definition) is 1. The van der Waals surface area contributed by atoms with Crippen molar-refractivity contribution in [2.75, 3.05) is 6.54 Å². The van der Waals surface area contributed by atoms with Crippen LogP contribution in [0, 0.1) is 0 Å². The van der Waals surface area contributed by atoms with Gasteiger partial charge < -0.3 is 10.1 Å². The first-order valence-corrected chi connectivity index (χ1v) is 11.0. The maximum absolute atomic E-state index is 13.2. The first-order valence-electron chi connectivity index (χ1n) is 11.0. The van der Waals surface area contributed by atoms with Gasteiger partial charge in [0.25, 0.3) is 0 Å². The molecule has 1 aliphatic rings. The van der Waals surface area contributed by atoms with Crippen molar-refractivity contribution in [1.82, 2.24) is 0 Å². The molecule has 0 aliphatic carbocycles. The van der Waals surface area contributed by atoms with Gasteiger partial charge in [0.05, 0.1) is 30.2 Å². The maximum Gasteiger partial charge on any atom is 0.416 e. The van der Waals surface area contributed by atoms with Gasteiger partial charge in [-0.1, -0.05) is 60.7 Å². The van der Waals surface area contributed by atoms with Crippen LogP contribution < -0.4 is 5.32 Å². The Kier molecular flexibility index (Phi) is 8.51. The van der Waals surface area contributed by atoms with Crippen LogP contribution in [0.15, 0.2) is 78.9 Å². The van der Waals surface area contributed by atoms with Gasteiger partial charge in [0.1, 0.15) is 12.1 Å². The zero-order chi connectivity index (χ0) is 24.3. The number of rotatable bonds is 6. The molecule has 188 valence electrons. The Morgan fingerprint density at radius 1 is 0.771 bits per heavy atom. The van der Waals surface area contributed by atoms with Crippen LogP contribution >= 0.6 is 12.4 Å². The third-order valence-electron chi connectivity index (χ3n) is 6.13. The topological polar surface area (TPSA) is 25.8 Å². The molecular weight excluding hydrogens is 492 g/mol. The molecule has 3 aromatic carbocycles. The number of quaternary nitrogens is 1. The lowest BCUT2D eigenvalue weighted by Gasteiger charge is -2.27. The molecule has 0 aromatic heterocycles. The molecule has 0 amide bonds. The monoisotopic (exact) mass is 516 g/mol. The van der Waals surface area contributed by atoms with Crippen molar-refractivity contribution in [3.63, 3.8) is 0 Å². The summed E-state index contributed by atoms with van der Waals surface area (Å²) in [6, 6.07) is 21.2. The van der Waals surface area contributed by atoms with E-state index in [1.54, 1.807) is 0 Å². The van der Waals surface area contributed by atoms with E-state index in [0.717, 1.165) is 29.8 Å². The highest BCUT2D eigenvalue weighted by atomic mass is 35.5. The van der Waals surface area contributed by atoms with E-state index in [1.807, 2.05) is 60.7 Å². The van der Waals surface area contributed by atoms with E-state index < -0.39 is 23.5 Å². The van der Waals surface area contributed by atoms with Crippen molar-refractivity contribution >= 4 is 12.4 Å². The fraction of sp³-hybridized carbons (Fsp3) is 0.308. The second-order valence-electron chi connectivity index (χ2n) is 8.45. The lowest BCUT2D eigenvalue weighted by molar-refractivity contribution is -0.675. The van der Waals surface area contributed by atoms with Crippen LogP contribution in [0.1, 0.15) is 40.2 Å². The molecule has 35 heavy (non-hydrogen) atoms. The molecule has 1 aliphatic heterocycles. The zero-order valence-corrected chi connectivity index (χ0v) is 19.3. The van der Waals surface area contributed by atoms with Crippen molar-refractivity contribution in [2.45, 2.75) is 43.4 Å². The van der Waals surface area contributed by atoms with Gasteiger partial charge in [-0.25, -0.2) is 0 Å². The van der Waals surface area contributed by atoms with E-state index in [4.69, 9.17) is 4.74 Å². The molecule has 9 heteroatoms. The molecule has 2 atom stereocenters. The van der Waals surface area contributed by atoms with Crippen LogP contribution in [0.5, 0.6) is 0 Å². The molecule has 1 saturated heterocycles. The smallest absolute Gasteiger partial charge is 0.367 e. The van der Waals surface area contributed by atoms with Crippen LogP contribution in [-0.4, -0.2) is 18.7 Å². The summed E-state index contributed by atoms with van der Waals surface area (Å²) in [6.07, 6.45) is -9.46. The summed E-state index contributed by atoms with van der Waals surface area (Å²) in [7, 11) is 0. The van der Waals surface area contributed by atoms with Gasteiger partial charge in [-0.15, -0.1) is 12.4 Å². The van der Waals surface area contributed by atoms with Crippen molar-refractivity contribution in [3.05, 3.63) is 107 Å². The average Bonchev–Trinajstić information content (AvgIpc) is 3.26. The van der Waals surface area contributed by atoms with E-state index in [0.29, 0.717) is 6.42 Å². The summed E-state index contributed by atoms with van der Waals surface area (Å²) >= 11 is 0. The predicted molar refractivity (Wildman–Crippen MR) is 122 cm³/mol. The first kappa shape index (κ1) is 27.0. The fourth-order valence-corrected chi connectivity index (χ4v) is 4.61. The Balaban J connectivity index is 0.00000342. The van der Waals surface area contributed by atoms with Crippen LogP contribution in [0.2, 0.25) is 0 Å². The second-order valence-corrected chi connectivity index (χ2v) is 8.45. The number of alkyl halides is 6. The fourth-order valence-electron chi connectivity index (χ4n) is 4.61. The van der Waals surface area contributed by atoms with Gasteiger partial charge in [-0.2, -0.15) is 26.3 Å². The van der Waals surface area contributed by atoms with E-state index in [-0.39, 0.29) is 48.7 Å². The van der Waals surface area contributed by atoms with Gasteiger partial charge in [0, 0.05) is 6.42 Å². The SMILES string of the molecule is Cl.FC(F)(F)c1cc(CO[C@H]2CC[NH2+][C@H]2C(c2ccccc2)c2ccccc2)cc(C(F)(F)F)c1. The molecule has 4 rings (SSSR count). The molecule has 0 radical (unpaired) electrons.